The molecule has 0 fully saturated rings. The van der Waals surface area contributed by atoms with Crippen molar-refractivity contribution in [2.45, 2.75) is 27.3 Å². The molecule has 1 N–H and O–H groups in total. The van der Waals surface area contributed by atoms with Crippen LogP contribution in [0.1, 0.15) is 28.5 Å². The summed E-state index contributed by atoms with van der Waals surface area (Å²) < 4.78 is 6.79. The Kier molecular flexibility index (Phi) is 5.59. The van der Waals surface area contributed by atoms with Crippen molar-refractivity contribution in [1.82, 2.24) is 4.57 Å². The molecule has 0 atom stereocenters. The van der Waals surface area contributed by atoms with Crippen LogP contribution in [0.5, 0.6) is 0 Å². The average molecular weight is 378 g/mol. The van der Waals surface area contributed by atoms with Crippen LogP contribution in [0.3, 0.4) is 0 Å². The normalized spacial score (nSPS) is 10.7. The highest BCUT2D eigenvalue weighted by molar-refractivity contribution is 5.94. The Bertz CT molecular complexity index is 1100. The highest BCUT2D eigenvalue weighted by atomic mass is 16.5. The summed E-state index contributed by atoms with van der Waals surface area (Å²) in [5.41, 5.74) is 3.38. The number of carbonyl (C=O) groups excluding carboxylic acids is 2. The van der Waals surface area contributed by atoms with Gasteiger partial charge in [0.2, 0.25) is 5.91 Å². The Balaban J connectivity index is 1.82. The average Bonchev–Trinajstić information content (AvgIpc) is 2.66. The first kappa shape index (κ1) is 19.4. The quantitative estimate of drug-likeness (QED) is 0.690. The number of nitrogens with zero attached hydrogens (tertiary/aromatic N) is 1. The first-order valence-electron chi connectivity index (χ1n) is 9.07. The molecular formula is C22H22N2O4. The van der Waals surface area contributed by atoms with Gasteiger partial charge in [-0.3, -0.25) is 9.59 Å². The molecule has 3 aromatic rings. The lowest BCUT2D eigenvalue weighted by Crippen LogP contribution is -2.22. The molecule has 1 heterocycles. The van der Waals surface area contributed by atoms with Gasteiger partial charge < -0.3 is 14.6 Å². The van der Waals surface area contributed by atoms with Crippen LogP contribution in [-0.2, 0) is 16.1 Å². The molecule has 6 heteroatoms. The lowest BCUT2D eigenvalue weighted by Gasteiger charge is -2.16. The van der Waals surface area contributed by atoms with Gasteiger partial charge in [0.05, 0.1) is 17.7 Å². The molecule has 0 aliphatic carbocycles. The molecule has 0 bridgehead atoms. The largest absolute Gasteiger partial charge is 0.462 e. The molecule has 6 nitrogen and oxygen atoms in total. The van der Waals surface area contributed by atoms with E-state index in [4.69, 9.17) is 4.74 Å². The Labute approximate surface area is 162 Å². The van der Waals surface area contributed by atoms with Gasteiger partial charge in [0.1, 0.15) is 6.54 Å². The molecule has 0 spiro atoms. The predicted octanol–water partition coefficient (Wildman–Crippen LogP) is 3.43. The number of esters is 1. The first-order chi connectivity index (χ1) is 13.4. The minimum atomic E-state index is -0.397. The van der Waals surface area contributed by atoms with Gasteiger partial charge in [-0.15, -0.1) is 0 Å². The molecule has 1 aromatic heterocycles. The summed E-state index contributed by atoms with van der Waals surface area (Å²) in [6, 6.07) is 13.6. The first-order valence-corrected chi connectivity index (χ1v) is 9.07. The van der Waals surface area contributed by atoms with Gasteiger partial charge in [-0.25, -0.2) is 4.79 Å². The van der Waals surface area contributed by atoms with Crippen LogP contribution < -0.4 is 10.7 Å². The van der Waals surface area contributed by atoms with Crippen LogP contribution in [0.25, 0.3) is 10.9 Å². The number of carbonyl (C=O) groups is 2. The minimum Gasteiger partial charge on any atom is -0.462 e. The van der Waals surface area contributed by atoms with Crippen LogP contribution in [0, 0.1) is 13.8 Å². The maximum absolute atomic E-state index is 12.6. The van der Waals surface area contributed by atoms with Crippen molar-refractivity contribution < 1.29 is 14.3 Å². The fraction of sp³-hybridized carbons (Fsp3) is 0.227. The maximum Gasteiger partial charge on any atom is 0.338 e. The summed E-state index contributed by atoms with van der Waals surface area (Å²) in [4.78, 5) is 36.6. The second-order valence-electron chi connectivity index (χ2n) is 6.55. The summed E-state index contributed by atoms with van der Waals surface area (Å²) >= 11 is 0. The predicted molar refractivity (Wildman–Crippen MR) is 109 cm³/mol. The number of aromatic nitrogens is 1. The van der Waals surface area contributed by atoms with Gasteiger partial charge in [0, 0.05) is 22.8 Å². The highest BCUT2D eigenvalue weighted by Gasteiger charge is 2.12. The van der Waals surface area contributed by atoms with E-state index in [1.165, 1.54) is 0 Å². The second kappa shape index (κ2) is 8.08. The van der Waals surface area contributed by atoms with Crippen molar-refractivity contribution in [3.63, 3.8) is 0 Å². The van der Waals surface area contributed by atoms with Crippen LogP contribution in [-0.4, -0.2) is 23.1 Å². The molecule has 2 aromatic carbocycles. The van der Waals surface area contributed by atoms with Crippen molar-refractivity contribution >= 4 is 28.5 Å². The zero-order valence-electron chi connectivity index (χ0n) is 16.1. The molecule has 0 aliphatic heterocycles. The number of anilines is 1. The number of benzene rings is 2. The zero-order chi connectivity index (χ0) is 20.3. The van der Waals surface area contributed by atoms with Crippen molar-refractivity contribution in [3.8, 4) is 0 Å². The van der Waals surface area contributed by atoms with Gasteiger partial charge in [0.15, 0.2) is 5.43 Å². The van der Waals surface area contributed by atoms with Crippen molar-refractivity contribution in [1.29, 1.82) is 0 Å². The summed E-state index contributed by atoms with van der Waals surface area (Å²) in [6.07, 6.45) is 0. The van der Waals surface area contributed by atoms with E-state index in [1.54, 1.807) is 43.3 Å². The number of rotatable bonds is 5. The van der Waals surface area contributed by atoms with Gasteiger partial charge in [-0.05, 0) is 56.7 Å². The molecule has 0 radical (unpaired) electrons. The molecule has 3 rings (SSSR count). The number of amides is 1. The van der Waals surface area contributed by atoms with E-state index in [1.807, 2.05) is 30.5 Å². The topological polar surface area (TPSA) is 77.4 Å². The number of nitrogens with one attached hydrogen (secondary N) is 1. The standard InChI is InChI=1S/C22H22N2O4/c1-4-28-22(27)16-8-10-17(11-9-16)23-20(26)13-24-15(3)12-19(25)18-7-5-6-14(2)21(18)24/h5-12H,4,13H2,1-3H3,(H,23,26). The van der Waals surface area contributed by atoms with Crippen LogP contribution in [0.2, 0.25) is 0 Å². The van der Waals surface area contributed by atoms with Crippen molar-refractivity contribution in [3.05, 3.63) is 75.6 Å². The molecular weight excluding hydrogens is 356 g/mol. The number of hydrogen-bond donors (Lipinski definition) is 1. The van der Waals surface area contributed by atoms with Crippen LogP contribution in [0.15, 0.2) is 53.3 Å². The fourth-order valence-corrected chi connectivity index (χ4v) is 3.19. The van der Waals surface area contributed by atoms with Gasteiger partial charge in [-0.1, -0.05) is 12.1 Å². The molecule has 0 unspecified atom stereocenters. The lowest BCUT2D eigenvalue weighted by atomic mass is 10.1. The van der Waals surface area contributed by atoms with E-state index in [0.717, 1.165) is 16.8 Å². The smallest absolute Gasteiger partial charge is 0.338 e. The lowest BCUT2D eigenvalue weighted by molar-refractivity contribution is -0.116. The van der Waals surface area contributed by atoms with Crippen molar-refractivity contribution in [2.75, 3.05) is 11.9 Å². The maximum atomic E-state index is 12.6. The van der Waals surface area contributed by atoms with E-state index in [9.17, 15) is 14.4 Å². The Morgan fingerprint density at radius 2 is 1.79 bits per heavy atom. The van der Waals surface area contributed by atoms with Crippen LogP contribution in [0.4, 0.5) is 5.69 Å². The summed E-state index contributed by atoms with van der Waals surface area (Å²) in [7, 11) is 0. The third-order valence-electron chi connectivity index (χ3n) is 4.52. The van der Waals surface area contributed by atoms with E-state index >= 15 is 0 Å². The molecule has 0 saturated carbocycles. The summed E-state index contributed by atoms with van der Waals surface area (Å²) in [5.74, 6) is -0.619. The number of aryl methyl sites for hydroxylation is 2. The van der Waals surface area contributed by atoms with E-state index in [2.05, 4.69) is 5.32 Å². The van der Waals surface area contributed by atoms with E-state index in [-0.39, 0.29) is 17.9 Å². The Morgan fingerprint density at radius 1 is 1.07 bits per heavy atom. The second-order valence-corrected chi connectivity index (χ2v) is 6.55. The number of para-hydroxylation sites is 1. The Hall–Kier alpha value is -3.41. The number of hydrogen-bond acceptors (Lipinski definition) is 4. The molecule has 0 aliphatic rings. The number of ether oxygens (including phenoxy) is 1. The van der Waals surface area contributed by atoms with Gasteiger partial charge in [-0.2, -0.15) is 0 Å². The summed E-state index contributed by atoms with van der Waals surface area (Å²) in [5, 5.41) is 3.42. The van der Waals surface area contributed by atoms with Gasteiger partial charge >= 0.3 is 5.97 Å². The molecule has 0 saturated heterocycles. The zero-order valence-corrected chi connectivity index (χ0v) is 16.1. The SMILES string of the molecule is CCOC(=O)c1ccc(NC(=O)Cn2c(C)cc(=O)c3cccc(C)c32)cc1. The minimum absolute atomic E-state index is 0.0533. The summed E-state index contributed by atoms with van der Waals surface area (Å²) in [6.45, 7) is 5.87. The molecule has 144 valence electrons. The monoisotopic (exact) mass is 378 g/mol. The van der Waals surface area contributed by atoms with E-state index < -0.39 is 5.97 Å². The Morgan fingerprint density at radius 3 is 2.46 bits per heavy atom. The van der Waals surface area contributed by atoms with Crippen LogP contribution >= 0.6 is 0 Å². The third kappa shape index (κ3) is 3.96. The van der Waals surface area contributed by atoms with E-state index in [0.29, 0.717) is 23.2 Å². The number of pyridine rings is 1. The molecule has 28 heavy (non-hydrogen) atoms. The fourth-order valence-electron chi connectivity index (χ4n) is 3.19. The van der Waals surface area contributed by atoms with Crippen molar-refractivity contribution in [2.24, 2.45) is 0 Å². The van der Waals surface area contributed by atoms with Gasteiger partial charge in [0.25, 0.3) is 0 Å². The third-order valence-corrected chi connectivity index (χ3v) is 4.52. The molecule has 1 amide bonds. The highest BCUT2D eigenvalue weighted by Crippen LogP contribution is 2.18. The number of fused-ring (bicyclic) bond motifs is 1.